The maximum absolute atomic E-state index is 12.3. The maximum atomic E-state index is 12.3. The molecular formula is C20H19BrClNO6. The third-order valence-electron chi connectivity index (χ3n) is 3.82. The van der Waals surface area contributed by atoms with E-state index in [0.717, 1.165) is 4.47 Å². The molecule has 2 aromatic carbocycles. The van der Waals surface area contributed by atoms with Gasteiger partial charge in [0.1, 0.15) is 11.5 Å². The van der Waals surface area contributed by atoms with Crippen molar-refractivity contribution in [2.24, 2.45) is 0 Å². The van der Waals surface area contributed by atoms with E-state index >= 15 is 0 Å². The first-order valence-electron chi connectivity index (χ1n) is 8.49. The van der Waals surface area contributed by atoms with Crippen LogP contribution in [0.15, 0.2) is 40.9 Å². The summed E-state index contributed by atoms with van der Waals surface area (Å²) >= 11 is 9.20. The number of amides is 1. The van der Waals surface area contributed by atoms with E-state index in [1.165, 1.54) is 20.3 Å². The zero-order valence-corrected chi connectivity index (χ0v) is 18.1. The number of nitrogens with one attached hydrogen (secondary N) is 1. The molecule has 154 valence electrons. The third kappa shape index (κ3) is 6.76. The van der Waals surface area contributed by atoms with Gasteiger partial charge in [0.15, 0.2) is 12.4 Å². The highest BCUT2D eigenvalue weighted by atomic mass is 79.9. The third-order valence-corrected chi connectivity index (χ3v) is 4.55. The summed E-state index contributed by atoms with van der Waals surface area (Å²) in [5, 5.41) is 2.97. The van der Waals surface area contributed by atoms with Crippen molar-refractivity contribution in [3.63, 3.8) is 0 Å². The van der Waals surface area contributed by atoms with E-state index in [2.05, 4.69) is 21.2 Å². The zero-order chi connectivity index (χ0) is 21.4. The highest BCUT2D eigenvalue weighted by Crippen LogP contribution is 2.27. The van der Waals surface area contributed by atoms with E-state index in [0.29, 0.717) is 27.8 Å². The number of carbonyl (C=O) groups excluding carboxylic acids is 3. The van der Waals surface area contributed by atoms with Crippen molar-refractivity contribution in [3.05, 3.63) is 51.5 Å². The minimum atomic E-state index is -0.666. The number of benzene rings is 2. The van der Waals surface area contributed by atoms with Crippen LogP contribution < -0.4 is 14.8 Å². The molecule has 1 N–H and O–H groups in total. The van der Waals surface area contributed by atoms with Crippen molar-refractivity contribution >= 4 is 50.9 Å². The average Bonchev–Trinajstić information content (AvgIpc) is 2.70. The van der Waals surface area contributed by atoms with Crippen LogP contribution in [0.5, 0.6) is 11.5 Å². The SMILES string of the molecule is COc1ccc(Cl)cc1NC(=O)COC(=O)CCC(=O)c1cc(Br)ccc1OC. The van der Waals surface area contributed by atoms with E-state index in [1.54, 1.807) is 30.3 Å². The lowest BCUT2D eigenvalue weighted by atomic mass is 10.1. The Morgan fingerprint density at radius 2 is 1.69 bits per heavy atom. The molecule has 0 radical (unpaired) electrons. The van der Waals surface area contributed by atoms with Crippen molar-refractivity contribution in [1.29, 1.82) is 0 Å². The summed E-state index contributed by atoms with van der Waals surface area (Å²) in [6.45, 7) is -0.497. The Bertz CT molecular complexity index is 918. The lowest BCUT2D eigenvalue weighted by Crippen LogP contribution is -2.21. The normalized spacial score (nSPS) is 10.2. The number of hydrogen-bond acceptors (Lipinski definition) is 6. The Labute approximate surface area is 181 Å². The van der Waals surface area contributed by atoms with Crippen LogP contribution in [0, 0.1) is 0 Å². The Hall–Kier alpha value is -2.58. The molecule has 0 heterocycles. The first kappa shape index (κ1) is 22.7. The Morgan fingerprint density at radius 1 is 1.00 bits per heavy atom. The fraction of sp³-hybridized carbons (Fsp3) is 0.250. The molecular weight excluding hydrogens is 466 g/mol. The second kappa shape index (κ2) is 10.8. The van der Waals surface area contributed by atoms with Crippen LogP contribution in [0.25, 0.3) is 0 Å². The highest BCUT2D eigenvalue weighted by Gasteiger charge is 2.16. The van der Waals surface area contributed by atoms with Crippen LogP contribution in [0.2, 0.25) is 5.02 Å². The summed E-state index contributed by atoms with van der Waals surface area (Å²) in [6, 6.07) is 9.77. The quantitative estimate of drug-likeness (QED) is 0.422. The predicted octanol–water partition coefficient (Wildman–Crippen LogP) is 4.26. The van der Waals surface area contributed by atoms with Crippen LogP contribution in [0.4, 0.5) is 5.69 Å². The molecule has 9 heteroatoms. The van der Waals surface area contributed by atoms with Gasteiger partial charge in [-0.05, 0) is 36.4 Å². The molecule has 2 aromatic rings. The van der Waals surface area contributed by atoms with Gasteiger partial charge in [0.25, 0.3) is 5.91 Å². The molecule has 0 atom stereocenters. The van der Waals surface area contributed by atoms with Gasteiger partial charge >= 0.3 is 5.97 Å². The fourth-order valence-electron chi connectivity index (χ4n) is 2.43. The summed E-state index contributed by atoms with van der Waals surface area (Å²) in [6.07, 6.45) is -0.238. The van der Waals surface area contributed by atoms with Gasteiger partial charge in [0, 0.05) is 15.9 Å². The molecule has 0 saturated heterocycles. The lowest BCUT2D eigenvalue weighted by molar-refractivity contribution is -0.147. The molecule has 2 rings (SSSR count). The van der Waals surface area contributed by atoms with Crippen LogP contribution in [0.1, 0.15) is 23.2 Å². The number of ether oxygens (including phenoxy) is 3. The average molecular weight is 485 g/mol. The monoisotopic (exact) mass is 483 g/mol. The predicted molar refractivity (Wildman–Crippen MR) is 112 cm³/mol. The van der Waals surface area contributed by atoms with Crippen LogP contribution in [-0.4, -0.2) is 38.5 Å². The number of ketones is 1. The van der Waals surface area contributed by atoms with Gasteiger partial charge in [-0.15, -0.1) is 0 Å². The standard InChI is InChI=1S/C20H19BrClNO6/c1-27-17-6-3-12(21)9-14(17)16(24)5-8-20(26)29-11-19(25)23-15-10-13(22)4-7-18(15)28-2/h3-4,6-7,9-10H,5,8,11H2,1-2H3,(H,23,25). The van der Waals surface area contributed by atoms with Crippen molar-refractivity contribution in [2.45, 2.75) is 12.8 Å². The number of anilines is 1. The number of rotatable bonds is 9. The minimum Gasteiger partial charge on any atom is -0.496 e. The van der Waals surface area contributed by atoms with Gasteiger partial charge in [-0.1, -0.05) is 27.5 Å². The van der Waals surface area contributed by atoms with Crippen molar-refractivity contribution in [2.75, 3.05) is 26.1 Å². The van der Waals surface area contributed by atoms with Crippen molar-refractivity contribution in [3.8, 4) is 11.5 Å². The first-order valence-corrected chi connectivity index (χ1v) is 9.67. The van der Waals surface area contributed by atoms with Gasteiger partial charge in [-0.25, -0.2) is 0 Å². The van der Waals surface area contributed by atoms with Crippen LogP contribution >= 0.6 is 27.5 Å². The molecule has 0 fully saturated rings. The molecule has 29 heavy (non-hydrogen) atoms. The smallest absolute Gasteiger partial charge is 0.306 e. The molecule has 0 aromatic heterocycles. The maximum Gasteiger partial charge on any atom is 0.306 e. The van der Waals surface area contributed by atoms with Crippen LogP contribution in [-0.2, 0) is 14.3 Å². The first-order chi connectivity index (χ1) is 13.8. The molecule has 0 unspecified atom stereocenters. The summed E-state index contributed by atoms with van der Waals surface area (Å²) < 4.78 is 15.9. The van der Waals surface area contributed by atoms with Crippen molar-refractivity contribution < 1.29 is 28.6 Å². The second-order valence-electron chi connectivity index (χ2n) is 5.82. The molecule has 7 nitrogen and oxygen atoms in total. The number of Topliss-reactive ketones (excluding diaryl/α,β-unsaturated/α-hetero) is 1. The molecule has 0 aliphatic rings. The topological polar surface area (TPSA) is 90.9 Å². The van der Waals surface area contributed by atoms with Gasteiger partial charge in [-0.3, -0.25) is 14.4 Å². The van der Waals surface area contributed by atoms with E-state index in [9.17, 15) is 14.4 Å². The van der Waals surface area contributed by atoms with Gasteiger partial charge in [0.05, 0.1) is 31.9 Å². The highest BCUT2D eigenvalue weighted by molar-refractivity contribution is 9.10. The summed E-state index contributed by atoms with van der Waals surface area (Å²) in [5.41, 5.74) is 0.721. The number of carbonyl (C=O) groups is 3. The zero-order valence-electron chi connectivity index (χ0n) is 15.8. The van der Waals surface area contributed by atoms with E-state index < -0.39 is 18.5 Å². The summed E-state index contributed by atoms with van der Waals surface area (Å²) in [4.78, 5) is 36.2. The Balaban J connectivity index is 1.84. The Morgan fingerprint density at radius 3 is 2.38 bits per heavy atom. The van der Waals surface area contributed by atoms with Gasteiger partial charge < -0.3 is 19.5 Å². The number of methoxy groups -OCH3 is 2. The molecule has 0 saturated carbocycles. The van der Waals surface area contributed by atoms with Gasteiger partial charge in [-0.2, -0.15) is 0 Å². The van der Waals surface area contributed by atoms with Crippen LogP contribution in [0.3, 0.4) is 0 Å². The van der Waals surface area contributed by atoms with Crippen molar-refractivity contribution in [1.82, 2.24) is 0 Å². The number of hydrogen-bond donors (Lipinski definition) is 1. The fourth-order valence-corrected chi connectivity index (χ4v) is 2.96. The van der Waals surface area contributed by atoms with Gasteiger partial charge in [0.2, 0.25) is 0 Å². The second-order valence-corrected chi connectivity index (χ2v) is 7.17. The molecule has 0 bridgehead atoms. The minimum absolute atomic E-state index is 0.0740. The van der Waals surface area contributed by atoms with E-state index in [4.69, 9.17) is 25.8 Å². The van der Waals surface area contributed by atoms with E-state index in [-0.39, 0.29) is 18.6 Å². The van der Waals surface area contributed by atoms with E-state index in [1.807, 2.05) is 0 Å². The number of esters is 1. The molecule has 1 amide bonds. The molecule has 0 spiro atoms. The molecule has 0 aliphatic carbocycles. The number of halogens is 2. The largest absolute Gasteiger partial charge is 0.496 e. The Kier molecular flexibility index (Phi) is 8.48. The molecule has 0 aliphatic heterocycles. The summed E-state index contributed by atoms with van der Waals surface area (Å²) in [5.74, 6) is -0.656. The lowest BCUT2D eigenvalue weighted by Gasteiger charge is -2.11. The summed E-state index contributed by atoms with van der Waals surface area (Å²) in [7, 11) is 2.91.